The Labute approximate surface area is 113 Å². The number of hydrogen-bond acceptors (Lipinski definition) is 3. The molecule has 2 N–H and O–H groups in total. The van der Waals surface area contributed by atoms with Gasteiger partial charge in [-0.25, -0.2) is 4.98 Å². The number of nitrogen functional groups attached to an aromatic ring is 1. The molecule has 0 saturated carbocycles. The number of nitrogens with two attached hydrogens (primary N) is 1. The van der Waals surface area contributed by atoms with Gasteiger partial charge < -0.3 is 10.5 Å². The summed E-state index contributed by atoms with van der Waals surface area (Å²) < 4.78 is 6.47. The molecule has 17 heavy (non-hydrogen) atoms. The third-order valence-corrected chi connectivity index (χ3v) is 2.99. The molecule has 1 aromatic heterocycles. The number of anilines is 1. The predicted octanol–water partition coefficient (Wildman–Crippen LogP) is 3.66. The molecule has 0 radical (unpaired) electrons. The van der Waals surface area contributed by atoms with Crippen molar-refractivity contribution in [3.8, 4) is 5.75 Å². The van der Waals surface area contributed by atoms with Crippen molar-refractivity contribution in [2.45, 2.75) is 6.61 Å². The van der Waals surface area contributed by atoms with Gasteiger partial charge in [0.1, 0.15) is 18.2 Å². The van der Waals surface area contributed by atoms with Crippen LogP contribution in [0.3, 0.4) is 0 Å². The smallest absolute Gasteiger partial charge is 0.134 e. The molecule has 0 aliphatic rings. The summed E-state index contributed by atoms with van der Waals surface area (Å²) in [7, 11) is 0. The zero-order valence-corrected chi connectivity index (χ0v) is 11.2. The number of ether oxygens (including phenoxy) is 1. The highest BCUT2D eigenvalue weighted by molar-refractivity contribution is 9.10. The Morgan fingerprint density at radius 1 is 1.29 bits per heavy atom. The molecule has 2 rings (SSSR count). The Kier molecular flexibility index (Phi) is 3.86. The fourth-order valence-electron chi connectivity index (χ4n) is 1.34. The molecule has 1 heterocycles. The van der Waals surface area contributed by atoms with E-state index < -0.39 is 0 Å². The summed E-state index contributed by atoms with van der Waals surface area (Å²) in [6.45, 7) is 0.437. The van der Waals surface area contributed by atoms with E-state index in [4.69, 9.17) is 22.1 Å². The maximum atomic E-state index is 5.84. The molecule has 0 aliphatic heterocycles. The van der Waals surface area contributed by atoms with Crippen LogP contribution in [-0.2, 0) is 6.61 Å². The van der Waals surface area contributed by atoms with Gasteiger partial charge in [-0.2, -0.15) is 0 Å². The normalized spacial score (nSPS) is 10.2. The molecular weight excluding hydrogens is 304 g/mol. The summed E-state index contributed by atoms with van der Waals surface area (Å²) in [5, 5.41) is 0.664. The Hall–Kier alpha value is -1.26. The van der Waals surface area contributed by atoms with Gasteiger partial charge >= 0.3 is 0 Å². The molecule has 0 bridgehead atoms. The molecular formula is C12H10BrClN2O. The van der Waals surface area contributed by atoms with Crippen LogP contribution in [0.1, 0.15) is 5.56 Å². The van der Waals surface area contributed by atoms with E-state index in [9.17, 15) is 0 Å². The minimum absolute atomic E-state index is 0.437. The average molecular weight is 314 g/mol. The lowest BCUT2D eigenvalue weighted by molar-refractivity contribution is 0.304. The second-order valence-electron chi connectivity index (χ2n) is 3.45. The average Bonchev–Trinajstić information content (AvgIpc) is 2.28. The second-order valence-corrected chi connectivity index (χ2v) is 4.74. The first-order valence-corrected chi connectivity index (χ1v) is 6.10. The Morgan fingerprint density at radius 3 is 2.82 bits per heavy atom. The summed E-state index contributed by atoms with van der Waals surface area (Å²) in [5.74, 6) is 1.23. The van der Waals surface area contributed by atoms with Crippen LogP contribution in [0, 0.1) is 0 Å². The standard InChI is InChI=1S/C12H10BrClN2O/c13-10-6-9(14)1-2-11(10)17-7-8-3-4-16-12(15)5-8/h1-6H,7H2,(H2,15,16). The van der Waals surface area contributed by atoms with E-state index in [0.717, 1.165) is 15.8 Å². The number of hydrogen-bond donors (Lipinski definition) is 1. The molecule has 0 fully saturated rings. The van der Waals surface area contributed by atoms with Gasteiger partial charge in [0.15, 0.2) is 0 Å². The van der Waals surface area contributed by atoms with E-state index in [1.54, 1.807) is 24.4 Å². The molecule has 0 saturated heterocycles. The third kappa shape index (κ3) is 3.35. The quantitative estimate of drug-likeness (QED) is 0.940. The van der Waals surface area contributed by atoms with E-state index in [1.807, 2.05) is 12.1 Å². The highest BCUT2D eigenvalue weighted by Crippen LogP contribution is 2.28. The van der Waals surface area contributed by atoms with Crippen LogP contribution in [-0.4, -0.2) is 4.98 Å². The van der Waals surface area contributed by atoms with Crippen LogP contribution in [0.5, 0.6) is 5.75 Å². The van der Waals surface area contributed by atoms with Gasteiger partial charge in [0.05, 0.1) is 4.47 Å². The van der Waals surface area contributed by atoms with Crippen molar-refractivity contribution in [2.24, 2.45) is 0 Å². The Bertz CT molecular complexity index is 534. The van der Waals surface area contributed by atoms with E-state index in [2.05, 4.69) is 20.9 Å². The first-order chi connectivity index (χ1) is 8.15. The first-order valence-electron chi connectivity index (χ1n) is 4.93. The molecule has 3 nitrogen and oxygen atoms in total. The monoisotopic (exact) mass is 312 g/mol. The number of halogens is 2. The molecule has 0 atom stereocenters. The van der Waals surface area contributed by atoms with Crippen LogP contribution in [0.15, 0.2) is 41.0 Å². The molecule has 1 aromatic carbocycles. The largest absolute Gasteiger partial charge is 0.488 e. The number of aromatic nitrogens is 1. The van der Waals surface area contributed by atoms with Crippen LogP contribution < -0.4 is 10.5 Å². The maximum Gasteiger partial charge on any atom is 0.134 e. The number of rotatable bonds is 3. The van der Waals surface area contributed by atoms with Gasteiger partial charge in [0, 0.05) is 11.2 Å². The number of pyridine rings is 1. The highest BCUT2D eigenvalue weighted by atomic mass is 79.9. The van der Waals surface area contributed by atoms with Crippen molar-refractivity contribution >= 4 is 33.3 Å². The summed E-state index contributed by atoms with van der Waals surface area (Å²) >= 11 is 9.23. The van der Waals surface area contributed by atoms with Crippen molar-refractivity contribution in [3.63, 3.8) is 0 Å². The predicted molar refractivity (Wildman–Crippen MR) is 72.1 cm³/mol. The zero-order chi connectivity index (χ0) is 12.3. The van der Waals surface area contributed by atoms with Crippen molar-refractivity contribution in [3.05, 3.63) is 51.6 Å². The molecule has 2 aromatic rings. The summed E-state index contributed by atoms with van der Waals surface area (Å²) in [5.41, 5.74) is 6.56. The lowest BCUT2D eigenvalue weighted by Gasteiger charge is -2.08. The van der Waals surface area contributed by atoms with Gasteiger partial charge in [-0.3, -0.25) is 0 Å². The van der Waals surface area contributed by atoms with Crippen LogP contribution in [0.4, 0.5) is 5.82 Å². The van der Waals surface area contributed by atoms with E-state index in [0.29, 0.717) is 17.4 Å². The number of benzene rings is 1. The topological polar surface area (TPSA) is 48.1 Å². The van der Waals surface area contributed by atoms with Crippen molar-refractivity contribution in [1.29, 1.82) is 0 Å². The Morgan fingerprint density at radius 2 is 2.12 bits per heavy atom. The van der Waals surface area contributed by atoms with Gasteiger partial charge in [-0.05, 0) is 51.8 Å². The highest BCUT2D eigenvalue weighted by Gasteiger charge is 2.02. The minimum atomic E-state index is 0.437. The molecule has 0 unspecified atom stereocenters. The lowest BCUT2D eigenvalue weighted by atomic mass is 10.3. The minimum Gasteiger partial charge on any atom is -0.488 e. The molecule has 0 spiro atoms. The van der Waals surface area contributed by atoms with E-state index >= 15 is 0 Å². The fourth-order valence-corrected chi connectivity index (χ4v) is 2.13. The summed E-state index contributed by atoms with van der Waals surface area (Å²) in [6.07, 6.45) is 1.66. The second kappa shape index (κ2) is 5.38. The van der Waals surface area contributed by atoms with Crippen LogP contribution >= 0.6 is 27.5 Å². The zero-order valence-electron chi connectivity index (χ0n) is 8.86. The van der Waals surface area contributed by atoms with E-state index in [1.165, 1.54) is 0 Å². The van der Waals surface area contributed by atoms with Crippen molar-refractivity contribution in [2.75, 3.05) is 5.73 Å². The first kappa shape index (κ1) is 12.2. The van der Waals surface area contributed by atoms with Crippen LogP contribution in [0.2, 0.25) is 5.02 Å². The Balaban J connectivity index is 2.07. The molecule has 88 valence electrons. The van der Waals surface area contributed by atoms with Gasteiger partial charge in [-0.1, -0.05) is 11.6 Å². The van der Waals surface area contributed by atoms with Crippen molar-refractivity contribution in [1.82, 2.24) is 4.98 Å². The SMILES string of the molecule is Nc1cc(COc2ccc(Cl)cc2Br)ccn1. The maximum absolute atomic E-state index is 5.84. The molecule has 0 aliphatic carbocycles. The summed E-state index contributed by atoms with van der Waals surface area (Å²) in [4.78, 5) is 3.92. The van der Waals surface area contributed by atoms with E-state index in [-0.39, 0.29) is 0 Å². The third-order valence-electron chi connectivity index (χ3n) is 2.13. The van der Waals surface area contributed by atoms with Crippen LogP contribution in [0.25, 0.3) is 0 Å². The molecule has 0 amide bonds. The van der Waals surface area contributed by atoms with Gasteiger partial charge in [0.25, 0.3) is 0 Å². The number of nitrogens with zero attached hydrogens (tertiary/aromatic N) is 1. The fraction of sp³-hybridized carbons (Fsp3) is 0.0833. The molecule has 5 heteroatoms. The van der Waals surface area contributed by atoms with Crippen molar-refractivity contribution < 1.29 is 4.74 Å². The summed E-state index contributed by atoms with van der Waals surface area (Å²) in [6, 6.07) is 9.03. The van der Waals surface area contributed by atoms with Gasteiger partial charge in [0.2, 0.25) is 0 Å². The lowest BCUT2D eigenvalue weighted by Crippen LogP contribution is -1.98. The van der Waals surface area contributed by atoms with Gasteiger partial charge in [-0.15, -0.1) is 0 Å².